The van der Waals surface area contributed by atoms with Crippen LogP contribution in [0.15, 0.2) is 36.4 Å². The number of carbonyl (C=O) groups excluding carboxylic acids is 1. The van der Waals surface area contributed by atoms with E-state index in [1.54, 1.807) is 24.3 Å². The van der Waals surface area contributed by atoms with E-state index in [1.165, 1.54) is 0 Å². The fourth-order valence-corrected chi connectivity index (χ4v) is 3.79. The maximum Gasteiger partial charge on any atom is 0.255 e. The fourth-order valence-electron chi connectivity index (χ4n) is 2.83. The van der Waals surface area contributed by atoms with Gasteiger partial charge in [0.15, 0.2) is 0 Å². The summed E-state index contributed by atoms with van der Waals surface area (Å²) in [7, 11) is 0. The van der Waals surface area contributed by atoms with Crippen molar-refractivity contribution in [2.24, 2.45) is 0 Å². The molecule has 0 spiro atoms. The van der Waals surface area contributed by atoms with Crippen LogP contribution in [0.25, 0.3) is 0 Å². The number of halogens is 4. The molecule has 1 saturated heterocycles. The summed E-state index contributed by atoms with van der Waals surface area (Å²) in [6, 6.07) is 10.5. The largest absolute Gasteiger partial charge is 0.336 e. The Balaban J connectivity index is 1.60. The highest BCUT2D eigenvalue weighted by Gasteiger charge is 2.24. The second-order valence-corrected chi connectivity index (χ2v) is 7.62. The average molecular weight is 418 g/mol. The zero-order valence-electron chi connectivity index (χ0n) is 13.3. The van der Waals surface area contributed by atoms with Crippen molar-refractivity contribution >= 4 is 52.3 Å². The molecule has 0 radical (unpaired) electrons. The van der Waals surface area contributed by atoms with Crippen LogP contribution in [0.4, 0.5) is 0 Å². The van der Waals surface area contributed by atoms with Gasteiger partial charge in [0.25, 0.3) is 5.91 Å². The van der Waals surface area contributed by atoms with Crippen molar-refractivity contribution in [2.45, 2.75) is 6.54 Å². The standard InChI is InChI=1S/C18H16Cl4N2O/c19-13-2-1-12(16(21)9-13)11-23-5-7-24(8-6-23)18(25)15-4-3-14(20)10-17(15)22/h1-4,9-10H,5-8,11H2. The number of nitrogens with zero attached hydrogens (tertiary/aromatic N) is 2. The van der Waals surface area contributed by atoms with Gasteiger partial charge < -0.3 is 4.90 Å². The maximum absolute atomic E-state index is 12.6. The summed E-state index contributed by atoms with van der Waals surface area (Å²) in [6.07, 6.45) is 0. The maximum atomic E-state index is 12.6. The number of amides is 1. The first kappa shape index (κ1) is 18.8. The fraction of sp³-hybridized carbons (Fsp3) is 0.278. The van der Waals surface area contributed by atoms with Gasteiger partial charge in [0.05, 0.1) is 10.6 Å². The van der Waals surface area contributed by atoms with Crippen molar-refractivity contribution in [2.75, 3.05) is 26.2 Å². The molecule has 0 aliphatic carbocycles. The van der Waals surface area contributed by atoms with Crippen LogP contribution in [0.3, 0.4) is 0 Å². The minimum atomic E-state index is -0.0640. The second-order valence-electron chi connectivity index (χ2n) is 5.93. The molecule has 1 fully saturated rings. The molecule has 7 heteroatoms. The van der Waals surface area contributed by atoms with E-state index in [9.17, 15) is 4.79 Å². The topological polar surface area (TPSA) is 23.6 Å². The van der Waals surface area contributed by atoms with Crippen LogP contribution in [-0.4, -0.2) is 41.9 Å². The summed E-state index contributed by atoms with van der Waals surface area (Å²) in [5.41, 5.74) is 1.52. The van der Waals surface area contributed by atoms with Crippen LogP contribution in [0.1, 0.15) is 15.9 Å². The molecule has 2 aromatic rings. The number of rotatable bonds is 3. The summed E-state index contributed by atoms with van der Waals surface area (Å²) < 4.78 is 0. The van der Waals surface area contributed by atoms with E-state index in [-0.39, 0.29) is 5.91 Å². The SMILES string of the molecule is O=C(c1ccc(Cl)cc1Cl)N1CCN(Cc2ccc(Cl)cc2Cl)CC1. The third-order valence-electron chi connectivity index (χ3n) is 4.23. The van der Waals surface area contributed by atoms with Gasteiger partial charge >= 0.3 is 0 Å². The number of piperazine rings is 1. The summed E-state index contributed by atoms with van der Waals surface area (Å²) in [5, 5.41) is 2.20. The minimum absolute atomic E-state index is 0.0640. The first-order chi connectivity index (χ1) is 11.9. The quantitative estimate of drug-likeness (QED) is 0.679. The van der Waals surface area contributed by atoms with Crippen molar-refractivity contribution in [1.82, 2.24) is 9.80 Å². The van der Waals surface area contributed by atoms with Crippen LogP contribution in [0.5, 0.6) is 0 Å². The molecule has 0 bridgehead atoms. The van der Waals surface area contributed by atoms with Crippen molar-refractivity contribution in [3.05, 3.63) is 67.6 Å². The van der Waals surface area contributed by atoms with Gasteiger partial charge in [-0.3, -0.25) is 9.69 Å². The molecular weight excluding hydrogens is 402 g/mol. The molecule has 132 valence electrons. The smallest absolute Gasteiger partial charge is 0.255 e. The van der Waals surface area contributed by atoms with Gasteiger partial charge in [0, 0.05) is 47.8 Å². The predicted molar refractivity (Wildman–Crippen MR) is 104 cm³/mol. The lowest BCUT2D eigenvalue weighted by Gasteiger charge is -2.35. The Kier molecular flexibility index (Phi) is 6.13. The Morgan fingerprint density at radius 3 is 2.04 bits per heavy atom. The highest BCUT2D eigenvalue weighted by atomic mass is 35.5. The van der Waals surface area contributed by atoms with Crippen molar-refractivity contribution in [3.63, 3.8) is 0 Å². The Labute approximate surface area is 167 Å². The lowest BCUT2D eigenvalue weighted by Crippen LogP contribution is -2.48. The molecule has 0 atom stereocenters. The van der Waals surface area contributed by atoms with Gasteiger partial charge in [-0.25, -0.2) is 0 Å². The third kappa shape index (κ3) is 4.60. The van der Waals surface area contributed by atoms with Crippen LogP contribution in [0.2, 0.25) is 20.1 Å². The summed E-state index contributed by atoms with van der Waals surface area (Å²) in [6.45, 7) is 3.57. The zero-order chi connectivity index (χ0) is 18.0. The minimum Gasteiger partial charge on any atom is -0.336 e. The van der Waals surface area contributed by atoms with Crippen molar-refractivity contribution in [3.8, 4) is 0 Å². The molecular formula is C18H16Cl4N2O. The van der Waals surface area contributed by atoms with Crippen LogP contribution >= 0.6 is 46.4 Å². The van der Waals surface area contributed by atoms with Gasteiger partial charge in [0.2, 0.25) is 0 Å². The summed E-state index contributed by atoms with van der Waals surface area (Å²) in [5.74, 6) is -0.0640. The van der Waals surface area contributed by atoms with E-state index in [1.807, 2.05) is 17.0 Å². The molecule has 3 rings (SSSR count). The second kappa shape index (κ2) is 8.15. The molecule has 3 nitrogen and oxygen atoms in total. The van der Waals surface area contributed by atoms with Crippen LogP contribution in [0, 0.1) is 0 Å². The molecule has 0 N–H and O–H groups in total. The van der Waals surface area contributed by atoms with Gasteiger partial charge in [-0.05, 0) is 35.9 Å². The predicted octanol–water partition coefficient (Wildman–Crippen LogP) is 5.26. The van der Waals surface area contributed by atoms with E-state index in [2.05, 4.69) is 4.90 Å². The highest BCUT2D eigenvalue weighted by Crippen LogP contribution is 2.24. The van der Waals surface area contributed by atoms with Crippen LogP contribution in [-0.2, 0) is 6.54 Å². The van der Waals surface area contributed by atoms with Crippen molar-refractivity contribution < 1.29 is 4.79 Å². The van der Waals surface area contributed by atoms with E-state index < -0.39 is 0 Å². The van der Waals surface area contributed by atoms with E-state index in [0.717, 1.165) is 25.2 Å². The van der Waals surface area contributed by atoms with Gasteiger partial charge in [0.1, 0.15) is 0 Å². The van der Waals surface area contributed by atoms with Gasteiger partial charge in [-0.1, -0.05) is 52.5 Å². The zero-order valence-corrected chi connectivity index (χ0v) is 16.3. The van der Waals surface area contributed by atoms with E-state index in [4.69, 9.17) is 46.4 Å². The molecule has 1 aliphatic heterocycles. The molecule has 25 heavy (non-hydrogen) atoms. The van der Waals surface area contributed by atoms with Gasteiger partial charge in [-0.2, -0.15) is 0 Å². The number of carbonyl (C=O) groups is 1. The van der Waals surface area contributed by atoms with E-state index in [0.29, 0.717) is 38.7 Å². The molecule has 1 aliphatic rings. The summed E-state index contributed by atoms with van der Waals surface area (Å²) in [4.78, 5) is 16.7. The molecule has 0 unspecified atom stereocenters. The average Bonchev–Trinajstić information content (AvgIpc) is 2.57. The number of hydrogen-bond acceptors (Lipinski definition) is 2. The Morgan fingerprint density at radius 1 is 0.840 bits per heavy atom. The first-order valence-electron chi connectivity index (χ1n) is 7.84. The first-order valence-corrected chi connectivity index (χ1v) is 9.36. The van der Waals surface area contributed by atoms with Crippen molar-refractivity contribution in [1.29, 1.82) is 0 Å². The normalized spacial score (nSPS) is 15.4. The Hall–Kier alpha value is -0.970. The molecule has 1 heterocycles. The number of benzene rings is 2. The third-order valence-corrected chi connectivity index (χ3v) is 5.36. The molecule has 1 amide bonds. The Morgan fingerprint density at radius 2 is 1.44 bits per heavy atom. The lowest BCUT2D eigenvalue weighted by atomic mass is 10.1. The summed E-state index contributed by atoms with van der Waals surface area (Å²) >= 11 is 24.2. The number of hydrogen-bond donors (Lipinski definition) is 0. The molecule has 2 aromatic carbocycles. The lowest BCUT2D eigenvalue weighted by molar-refractivity contribution is 0.0628. The Bertz CT molecular complexity index is 789. The highest BCUT2D eigenvalue weighted by molar-refractivity contribution is 6.36. The van der Waals surface area contributed by atoms with Gasteiger partial charge in [-0.15, -0.1) is 0 Å². The monoisotopic (exact) mass is 416 g/mol. The molecule has 0 saturated carbocycles. The van der Waals surface area contributed by atoms with Crippen LogP contribution < -0.4 is 0 Å². The van der Waals surface area contributed by atoms with E-state index >= 15 is 0 Å². The molecule has 0 aromatic heterocycles.